The van der Waals surface area contributed by atoms with Crippen LogP contribution in [0.1, 0.15) is 12.5 Å². The minimum Gasteiger partial charge on any atom is -0.282 e. The van der Waals surface area contributed by atoms with Gasteiger partial charge >= 0.3 is 0 Å². The Hall–Kier alpha value is -1.87. The predicted octanol–water partition coefficient (Wildman–Crippen LogP) is 1.88. The number of nitrogens with two attached hydrogens (primary N) is 1. The lowest BCUT2D eigenvalue weighted by molar-refractivity contribution is 0.263. The summed E-state index contributed by atoms with van der Waals surface area (Å²) in [5, 5.41) is 1.77. The highest BCUT2D eigenvalue weighted by Crippen LogP contribution is 2.32. The summed E-state index contributed by atoms with van der Waals surface area (Å²) in [4.78, 5) is 4.71. The zero-order valence-electron chi connectivity index (χ0n) is 9.75. The molecule has 2 unspecified atom stereocenters. The van der Waals surface area contributed by atoms with E-state index < -0.39 is 0 Å². The van der Waals surface area contributed by atoms with E-state index in [2.05, 4.69) is 19.1 Å². The predicted molar refractivity (Wildman–Crippen MR) is 69.5 cm³/mol. The Morgan fingerprint density at radius 2 is 2.00 bits per heavy atom. The molecular weight excluding hydrogens is 210 g/mol. The second kappa shape index (κ2) is 3.57. The average Bonchev–Trinajstić information content (AvgIpc) is 2.64. The van der Waals surface area contributed by atoms with Gasteiger partial charge in [0.1, 0.15) is 5.84 Å². The first-order valence-electron chi connectivity index (χ1n) is 5.76. The van der Waals surface area contributed by atoms with Crippen molar-refractivity contribution < 1.29 is 0 Å². The Morgan fingerprint density at radius 1 is 1.24 bits per heavy atom. The third kappa shape index (κ3) is 1.43. The van der Waals surface area contributed by atoms with Crippen LogP contribution in [0, 0.1) is 0 Å². The van der Waals surface area contributed by atoms with Gasteiger partial charge in [0.15, 0.2) is 0 Å². The fraction of sp³-hybridized carbons (Fsp3) is 0.214. The van der Waals surface area contributed by atoms with Crippen LogP contribution in [0.3, 0.4) is 0 Å². The molecule has 1 aromatic rings. The molecule has 2 atom stereocenters. The van der Waals surface area contributed by atoms with E-state index >= 15 is 0 Å². The number of allylic oxidation sites excluding steroid dienone is 2. The highest BCUT2D eigenvalue weighted by molar-refractivity contribution is 6.00. The molecule has 86 valence electrons. The summed E-state index contributed by atoms with van der Waals surface area (Å²) in [6.07, 6.45) is 8.25. The van der Waals surface area contributed by atoms with Crippen molar-refractivity contribution in [2.75, 3.05) is 0 Å². The number of benzene rings is 1. The summed E-state index contributed by atoms with van der Waals surface area (Å²) in [5.74, 6) is 7.07. The number of rotatable bonds is 1. The number of fused-ring (bicyclic) bond motifs is 1. The number of nitrogens with zero attached hydrogens (tertiary/aromatic N) is 2. The smallest absolute Gasteiger partial charge is 0.146 e. The van der Waals surface area contributed by atoms with E-state index in [4.69, 9.17) is 10.8 Å². The van der Waals surface area contributed by atoms with Crippen LogP contribution in [-0.4, -0.2) is 22.4 Å². The molecule has 3 heteroatoms. The summed E-state index contributed by atoms with van der Waals surface area (Å²) >= 11 is 0. The molecule has 3 nitrogen and oxygen atoms in total. The van der Waals surface area contributed by atoms with Crippen molar-refractivity contribution in [1.29, 1.82) is 0 Å². The number of hydrogen-bond acceptors (Lipinski definition) is 3. The van der Waals surface area contributed by atoms with Gasteiger partial charge in [0.25, 0.3) is 0 Å². The lowest BCUT2D eigenvalue weighted by Crippen LogP contribution is -2.53. The van der Waals surface area contributed by atoms with Gasteiger partial charge in [-0.2, -0.15) is 0 Å². The molecule has 0 aromatic heterocycles. The first kappa shape index (κ1) is 10.3. The molecule has 0 spiro atoms. The highest BCUT2D eigenvalue weighted by Gasteiger charge is 2.43. The quantitative estimate of drug-likeness (QED) is 0.741. The Kier molecular flexibility index (Phi) is 2.16. The normalized spacial score (nSPS) is 30.4. The minimum atomic E-state index is -0.236. The molecule has 0 fully saturated rings. The van der Waals surface area contributed by atoms with Crippen LogP contribution in [0.15, 0.2) is 59.6 Å². The number of hydrazine groups is 1. The summed E-state index contributed by atoms with van der Waals surface area (Å²) in [6.45, 7) is 2.11. The largest absolute Gasteiger partial charge is 0.282 e. The van der Waals surface area contributed by atoms with E-state index in [-0.39, 0.29) is 11.6 Å². The van der Waals surface area contributed by atoms with E-state index in [0.29, 0.717) is 0 Å². The van der Waals surface area contributed by atoms with E-state index in [1.165, 1.54) is 0 Å². The van der Waals surface area contributed by atoms with Crippen molar-refractivity contribution in [1.82, 2.24) is 5.01 Å². The molecule has 0 saturated heterocycles. The van der Waals surface area contributed by atoms with Gasteiger partial charge in [0.05, 0.1) is 11.6 Å². The molecule has 0 saturated carbocycles. The second-order valence-electron chi connectivity index (χ2n) is 4.60. The van der Waals surface area contributed by atoms with Crippen LogP contribution in [-0.2, 0) is 0 Å². The SMILES string of the molecule is CC12C=CC=CC1N=C(c1ccccc1)N2N. The first-order valence-corrected chi connectivity index (χ1v) is 5.76. The lowest BCUT2D eigenvalue weighted by atomic mass is 9.89. The van der Waals surface area contributed by atoms with Crippen molar-refractivity contribution >= 4 is 5.84 Å². The van der Waals surface area contributed by atoms with Gasteiger partial charge in [0.2, 0.25) is 0 Å². The third-order valence-electron chi connectivity index (χ3n) is 3.48. The molecular formula is C14H15N3. The monoisotopic (exact) mass is 225 g/mol. The topological polar surface area (TPSA) is 41.6 Å². The van der Waals surface area contributed by atoms with Gasteiger partial charge in [-0.25, -0.2) is 5.84 Å². The molecule has 2 aliphatic rings. The molecule has 1 aliphatic carbocycles. The number of hydrogen-bond donors (Lipinski definition) is 1. The van der Waals surface area contributed by atoms with E-state index in [1.54, 1.807) is 5.01 Å². The molecule has 0 radical (unpaired) electrons. The molecule has 1 aromatic carbocycles. The van der Waals surface area contributed by atoms with Crippen molar-refractivity contribution in [3.05, 3.63) is 60.2 Å². The lowest BCUT2D eigenvalue weighted by Gasteiger charge is -2.34. The molecule has 3 rings (SSSR count). The Bertz CT molecular complexity index is 516. The maximum Gasteiger partial charge on any atom is 0.146 e. The molecule has 1 aliphatic heterocycles. The molecule has 0 bridgehead atoms. The van der Waals surface area contributed by atoms with Crippen molar-refractivity contribution in [2.24, 2.45) is 10.8 Å². The zero-order chi connectivity index (χ0) is 11.9. The van der Waals surface area contributed by atoms with E-state index in [1.807, 2.05) is 42.5 Å². The van der Waals surface area contributed by atoms with Crippen LogP contribution < -0.4 is 5.84 Å². The Balaban J connectivity index is 2.04. The van der Waals surface area contributed by atoms with Crippen LogP contribution in [0.4, 0.5) is 0 Å². The summed E-state index contributed by atoms with van der Waals surface area (Å²) in [6, 6.07) is 10.2. The summed E-state index contributed by atoms with van der Waals surface area (Å²) in [7, 11) is 0. The molecule has 0 amide bonds. The van der Waals surface area contributed by atoms with Crippen LogP contribution in [0.2, 0.25) is 0 Å². The molecule has 17 heavy (non-hydrogen) atoms. The van der Waals surface area contributed by atoms with Crippen LogP contribution >= 0.6 is 0 Å². The molecule has 1 heterocycles. The van der Waals surface area contributed by atoms with Crippen molar-refractivity contribution in [2.45, 2.75) is 18.5 Å². The van der Waals surface area contributed by atoms with Crippen LogP contribution in [0.5, 0.6) is 0 Å². The zero-order valence-corrected chi connectivity index (χ0v) is 9.75. The van der Waals surface area contributed by atoms with Gasteiger partial charge in [-0.05, 0) is 6.92 Å². The van der Waals surface area contributed by atoms with Gasteiger partial charge < -0.3 is 0 Å². The fourth-order valence-corrected chi connectivity index (χ4v) is 2.33. The van der Waals surface area contributed by atoms with Gasteiger partial charge in [-0.3, -0.25) is 10.0 Å². The summed E-state index contributed by atoms with van der Waals surface area (Å²) < 4.78 is 0. The minimum absolute atomic E-state index is 0.104. The van der Waals surface area contributed by atoms with Gasteiger partial charge in [0, 0.05) is 5.56 Å². The Labute approximate surface area is 101 Å². The second-order valence-corrected chi connectivity index (χ2v) is 4.60. The maximum atomic E-state index is 6.22. The van der Waals surface area contributed by atoms with Crippen molar-refractivity contribution in [3.8, 4) is 0 Å². The van der Waals surface area contributed by atoms with E-state index in [0.717, 1.165) is 11.4 Å². The maximum absolute atomic E-state index is 6.22. The first-order chi connectivity index (χ1) is 8.22. The van der Waals surface area contributed by atoms with Crippen molar-refractivity contribution in [3.63, 3.8) is 0 Å². The van der Waals surface area contributed by atoms with Gasteiger partial charge in [-0.1, -0.05) is 54.6 Å². The van der Waals surface area contributed by atoms with E-state index in [9.17, 15) is 0 Å². The average molecular weight is 225 g/mol. The third-order valence-corrected chi connectivity index (χ3v) is 3.48. The number of aliphatic imine (C=N–C) groups is 1. The Morgan fingerprint density at radius 3 is 2.71 bits per heavy atom. The number of amidine groups is 1. The summed E-state index contributed by atoms with van der Waals surface area (Å²) in [5.41, 5.74) is 0.826. The standard InChI is InChI=1S/C14H15N3/c1-14-10-6-5-9-12(14)16-13(17(14)15)11-7-3-2-4-8-11/h2-10,12H,15H2,1H3. The fourth-order valence-electron chi connectivity index (χ4n) is 2.33. The van der Waals surface area contributed by atoms with Crippen LogP contribution in [0.25, 0.3) is 0 Å². The molecule has 2 N–H and O–H groups in total. The highest BCUT2D eigenvalue weighted by atomic mass is 15.5. The van der Waals surface area contributed by atoms with Gasteiger partial charge in [-0.15, -0.1) is 0 Å².